The summed E-state index contributed by atoms with van der Waals surface area (Å²) >= 11 is 0. The number of nitrogens with zero attached hydrogens (tertiary/aromatic N) is 2. The van der Waals surface area contributed by atoms with E-state index in [4.69, 9.17) is 0 Å². The normalized spacial score (nSPS) is 11.5. The van der Waals surface area contributed by atoms with Crippen molar-refractivity contribution in [3.63, 3.8) is 0 Å². The van der Waals surface area contributed by atoms with Gasteiger partial charge in [-0.15, -0.1) is 0 Å². The first-order valence-electron chi connectivity index (χ1n) is 18.6. The maximum atomic E-state index is 2.40. The molecule has 0 heterocycles. The molecule has 0 saturated carbocycles. The fourth-order valence-electron chi connectivity index (χ4n) is 7.74. The minimum Gasteiger partial charge on any atom is -0.310 e. The van der Waals surface area contributed by atoms with Crippen molar-refractivity contribution in [3.8, 4) is 11.1 Å². The summed E-state index contributed by atoms with van der Waals surface area (Å²) in [5.41, 5.74) is 18.9. The molecule has 0 bridgehead atoms. The largest absolute Gasteiger partial charge is 0.310 e. The molecule has 8 aromatic rings. The highest BCUT2D eigenvalue weighted by molar-refractivity contribution is 6.14. The lowest BCUT2D eigenvalue weighted by molar-refractivity contribution is 1.27. The predicted octanol–water partition coefficient (Wildman–Crippen LogP) is 14.2. The highest BCUT2D eigenvalue weighted by atomic mass is 15.1. The van der Waals surface area contributed by atoms with Gasteiger partial charge in [-0.05, 0) is 131 Å². The molecular formula is C52H40N2. The molecule has 0 spiro atoms. The average molecular weight is 693 g/mol. The second-order valence-electron chi connectivity index (χ2n) is 14.0. The van der Waals surface area contributed by atoms with Crippen LogP contribution in [-0.4, -0.2) is 0 Å². The molecular weight excluding hydrogens is 653 g/mol. The molecule has 1 aliphatic carbocycles. The van der Waals surface area contributed by atoms with Crippen LogP contribution in [0.4, 0.5) is 34.1 Å². The minimum atomic E-state index is 1.11. The van der Waals surface area contributed by atoms with Gasteiger partial charge in [0.15, 0.2) is 0 Å². The Morgan fingerprint density at radius 2 is 0.611 bits per heavy atom. The van der Waals surface area contributed by atoms with Crippen molar-refractivity contribution >= 4 is 45.3 Å². The molecule has 8 aromatic carbocycles. The zero-order valence-electron chi connectivity index (χ0n) is 30.5. The molecule has 2 heteroatoms. The summed E-state index contributed by atoms with van der Waals surface area (Å²) < 4.78 is 0. The van der Waals surface area contributed by atoms with E-state index in [2.05, 4.69) is 230 Å². The number of benzene rings is 8. The molecule has 0 N–H and O–H groups in total. The van der Waals surface area contributed by atoms with Gasteiger partial charge >= 0.3 is 0 Å². The van der Waals surface area contributed by atoms with Gasteiger partial charge in [0.1, 0.15) is 0 Å². The van der Waals surface area contributed by atoms with Crippen molar-refractivity contribution in [2.24, 2.45) is 0 Å². The van der Waals surface area contributed by atoms with Crippen LogP contribution in [-0.2, 0) is 0 Å². The van der Waals surface area contributed by atoms with Crippen LogP contribution in [0, 0.1) is 13.8 Å². The van der Waals surface area contributed by atoms with Crippen molar-refractivity contribution in [2.75, 3.05) is 9.80 Å². The van der Waals surface area contributed by atoms with Gasteiger partial charge in [0.25, 0.3) is 0 Å². The molecule has 0 amide bonds. The molecule has 258 valence electrons. The van der Waals surface area contributed by atoms with Crippen LogP contribution < -0.4 is 9.80 Å². The smallest absolute Gasteiger partial charge is 0.0468 e. The molecule has 9 rings (SSSR count). The van der Waals surface area contributed by atoms with E-state index in [9.17, 15) is 0 Å². The maximum absolute atomic E-state index is 2.40. The Balaban J connectivity index is 1.32. The van der Waals surface area contributed by atoms with E-state index < -0.39 is 0 Å². The van der Waals surface area contributed by atoms with Crippen molar-refractivity contribution in [3.05, 3.63) is 240 Å². The monoisotopic (exact) mass is 692 g/mol. The van der Waals surface area contributed by atoms with Gasteiger partial charge in [-0.25, -0.2) is 0 Å². The number of fused-ring (bicyclic) bond motifs is 3. The standard InChI is InChI=1S/C52H40N2/c1-37-23-27-43(28-24-37)53(41-19-11-5-12-20-41)45-31-33-47-48-34-32-46(54(42-21-13-6-14-22-42)44-29-25-38(2)26-30-44)36-50(48)52(49(47)35-45)51(39-15-7-3-8-16-39)40-17-9-4-10-18-40/h3-36H,1-2H3. The Kier molecular flexibility index (Phi) is 8.70. The van der Waals surface area contributed by atoms with Crippen LogP contribution in [0.25, 0.3) is 22.3 Å². The number of anilines is 6. The summed E-state index contributed by atoms with van der Waals surface area (Å²) in [5.74, 6) is 0. The van der Waals surface area contributed by atoms with Gasteiger partial charge in [0, 0.05) is 34.1 Å². The Labute approximate surface area is 318 Å². The summed E-state index contributed by atoms with van der Waals surface area (Å²) in [7, 11) is 0. The Morgan fingerprint density at radius 3 is 0.981 bits per heavy atom. The van der Waals surface area contributed by atoms with E-state index in [0.717, 1.165) is 34.1 Å². The first-order valence-corrected chi connectivity index (χ1v) is 18.6. The molecule has 0 aromatic heterocycles. The molecule has 0 saturated heterocycles. The van der Waals surface area contributed by atoms with Gasteiger partial charge in [0.05, 0.1) is 0 Å². The summed E-state index contributed by atoms with van der Waals surface area (Å²) in [6.45, 7) is 4.28. The molecule has 0 unspecified atom stereocenters. The van der Waals surface area contributed by atoms with E-state index >= 15 is 0 Å². The number of aryl methyl sites for hydroxylation is 2. The van der Waals surface area contributed by atoms with Crippen LogP contribution in [0.3, 0.4) is 0 Å². The lowest BCUT2D eigenvalue weighted by Gasteiger charge is -2.26. The quantitative estimate of drug-likeness (QED) is 0.156. The molecule has 0 aliphatic heterocycles. The summed E-state index contributed by atoms with van der Waals surface area (Å²) in [6.07, 6.45) is 0. The highest BCUT2D eigenvalue weighted by Crippen LogP contribution is 2.52. The van der Waals surface area contributed by atoms with Crippen molar-refractivity contribution in [2.45, 2.75) is 13.8 Å². The second kappa shape index (κ2) is 14.3. The molecule has 54 heavy (non-hydrogen) atoms. The summed E-state index contributed by atoms with van der Waals surface area (Å²) in [4.78, 5) is 4.73. The minimum absolute atomic E-state index is 1.11. The second-order valence-corrected chi connectivity index (χ2v) is 14.0. The third kappa shape index (κ3) is 6.18. The Hall–Kier alpha value is -6.90. The molecule has 0 radical (unpaired) electrons. The average Bonchev–Trinajstić information content (AvgIpc) is 3.54. The molecule has 1 aliphatic rings. The number of para-hydroxylation sites is 2. The third-order valence-electron chi connectivity index (χ3n) is 10.3. The van der Waals surface area contributed by atoms with Gasteiger partial charge < -0.3 is 9.80 Å². The zero-order chi connectivity index (χ0) is 36.4. The molecule has 0 atom stereocenters. The zero-order valence-corrected chi connectivity index (χ0v) is 30.5. The first kappa shape index (κ1) is 33.0. The first-order chi connectivity index (χ1) is 26.6. The van der Waals surface area contributed by atoms with Gasteiger partial charge in [-0.3, -0.25) is 0 Å². The highest BCUT2D eigenvalue weighted by Gasteiger charge is 2.30. The van der Waals surface area contributed by atoms with E-state index in [-0.39, 0.29) is 0 Å². The van der Waals surface area contributed by atoms with Crippen molar-refractivity contribution < 1.29 is 0 Å². The fraction of sp³-hybridized carbons (Fsp3) is 0.0385. The lowest BCUT2D eigenvalue weighted by Crippen LogP contribution is -2.10. The van der Waals surface area contributed by atoms with Crippen LogP contribution in [0.2, 0.25) is 0 Å². The number of rotatable bonds is 8. The molecule has 0 fully saturated rings. The summed E-state index contributed by atoms with van der Waals surface area (Å²) in [5, 5.41) is 0. The van der Waals surface area contributed by atoms with E-state index in [1.165, 1.54) is 55.7 Å². The number of hydrogen-bond donors (Lipinski definition) is 0. The fourth-order valence-corrected chi connectivity index (χ4v) is 7.74. The van der Waals surface area contributed by atoms with Gasteiger partial charge in [-0.2, -0.15) is 0 Å². The number of hydrogen-bond acceptors (Lipinski definition) is 2. The van der Waals surface area contributed by atoms with E-state index in [1.54, 1.807) is 0 Å². The molecule has 2 nitrogen and oxygen atoms in total. The Bertz CT molecular complexity index is 2390. The lowest BCUT2D eigenvalue weighted by atomic mass is 9.88. The van der Waals surface area contributed by atoms with E-state index in [1.807, 2.05) is 0 Å². The SMILES string of the molecule is Cc1ccc(N(c2ccccc2)c2ccc3c(c2)C(=C(c2ccccc2)c2ccccc2)c2cc(N(c4ccccc4)c4ccc(C)cc4)ccc2-3)cc1. The third-order valence-corrected chi connectivity index (χ3v) is 10.3. The van der Waals surface area contributed by atoms with E-state index in [0.29, 0.717) is 0 Å². The van der Waals surface area contributed by atoms with Crippen molar-refractivity contribution in [1.82, 2.24) is 0 Å². The van der Waals surface area contributed by atoms with Crippen LogP contribution >= 0.6 is 0 Å². The van der Waals surface area contributed by atoms with Gasteiger partial charge in [-0.1, -0.05) is 145 Å². The van der Waals surface area contributed by atoms with Crippen molar-refractivity contribution in [1.29, 1.82) is 0 Å². The van der Waals surface area contributed by atoms with Crippen LogP contribution in [0.15, 0.2) is 206 Å². The maximum Gasteiger partial charge on any atom is 0.0468 e. The predicted molar refractivity (Wildman–Crippen MR) is 229 cm³/mol. The van der Waals surface area contributed by atoms with Crippen LogP contribution in [0.1, 0.15) is 33.4 Å². The Morgan fingerprint density at radius 1 is 0.296 bits per heavy atom. The topological polar surface area (TPSA) is 6.48 Å². The van der Waals surface area contributed by atoms with Gasteiger partial charge in [0.2, 0.25) is 0 Å². The van der Waals surface area contributed by atoms with Crippen LogP contribution in [0.5, 0.6) is 0 Å². The summed E-state index contributed by atoms with van der Waals surface area (Å²) in [6, 6.07) is 74.7.